The molecule has 0 aromatic heterocycles. The van der Waals surface area contributed by atoms with Gasteiger partial charge in [-0.2, -0.15) is 0 Å². The van der Waals surface area contributed by atoms with Gasteiger partial charge in [-0.1, -0.05) is 48.5 Å². The van der Waals surface area contributed by atoms with Crippen LogP contribution in [-0.4, -0.2) is 106 Å². The van der Waals surface area contributed by atoms with E-state index in [1.807, 2.05) is 20.8 Å². The number of hydrogen-bond acceptors (Lipinski definition) is 15. The Morgan fingerprint density at radius 2 is 1.45 bits per heavy atom. The summed E-state index contributed by atoms with van der Waals surface area (Å²) in [5, 5.41) is 25.6. The molecule has 5 aliphatic carbocycles. The topological polar surface area (TPSA) is 223 Å². The smallest absolute Gasteiger partial charge is 0.353 e. The molecule has 21 atom stereocenters. The van der Waals surface area contributed by atoms with Crippen LogP contribution in [0.2, 0.25) is 0 Å². The number of aliphatic hydroxyl groups excluding tert-OH is 2. The second-order valence-electron chi connectivity index (χ2n) is 19.3. The van der Waals surface area contributed by atoms with Gasteiger partial charge in [-0.05, 0) is 38.0 Å². The third-order valence-electron chi connectivity index (χ3n) is 16.2. The van der Waals surface area contributed by atoms with E-state index >= 15 is 0 Å². The second-order valence-corrected chi connectivity index (χ2v) is 19.3. The summed E-state index contributed by atoms with van der Waals surface area (Å²) < 4.78 is 43.7. The van der Waals surface area contributed by atoms with Gasteiger partial charge in [-0.15, -0.1) is 0 Å². The maximum Gasteiger partial charge on any atom is 0.353 e. The second kappa shape index (κ2) is 11.9. The summed E-state index contributed by atoms with van der Waals surface area (Å²) >= 11 is 0. The highest BCUT2D eigenvalue weighted by Gasteiger charge is 2.94. The minimum atomic E-state index is -1.93. The van der Waals surface area contributed by atoms with E-state index in [1.54, 1.807) is 34.6 Å². The van der Waals surface area contributed by atoms with Gasteiger partial charge in [0, 0.05) is 54.4 Å². The summed E-state index contributed by atoms with van der Waals surface area (Å²) in [5.41, 5.74) is 1.40. The Hall–Kier alpha value is -2.85. The number of rotatable bonds is 6. The van der Waals surface area contributed by atoms with E-state index in [0.717, 1.165) is 0 Å². The molecule has 8 fully saturated rings. The predicted octanol–water partition coefficient (Wildman–Crippen LogP) is 1.65. The molecule has 8 aliphatic rings. The molecule has 0 aromatic carbocycles. The minimum absolute atomic E-state index is 0.266. The highest BCUT2D eigenvalue weighted by atomic mass is 16.8. The van der Waals surface area contributed by atoms with Crippen LogP contribution in [0.15, 0.2) is 0 Å². The van der Waals surface area contributed by atoms with Crippen LogP contribution in [0.5, 0.6) is 0 Å². The quantitative estimate of drug-likeness (QED) is 0.198. The van der Waals surface area contributed by atoms with Crippen LogP contribution in [0.1, 0.15) is 82.6 Å². The first-order chi connectivity index (χ1) is 25.5. The molecule has 0 radical (unpaired) electrons. The van der Waals surface area contributed by atoms with Gasteiger partial charge in [0.1, 0.15) is 30.5 Å². The minimum Gasteiger partial charge on any atom is -0.460 e. The Bertz CT molecular complexity index is 1720. The van der Waals surface area contributed by atoms with Crippen molar-refractivity contribution in [3.63, 3.8) is 0 Å². The Kier molecular flexibility index (Phi) is 8.41. The molecule has 15 heteroatoms. The van der Waals surface area contributed by atoms with Crippen LogP contribution in [0.4, 0.5) is 0 Å². The molecule has 3 saturated heterocycles. The summed E-state index contributed by atoms with van der Waals surface area (Å²) in [6.07, 6.45) is -6.96. The molecular formula is C40H57NO14. The van der Waals surface area contributed by atoms with Crippen molar-refractivity contribution < 1.29 is 67.3 Å². The lowest BCUT2D eigenvalue weighted by molar-refractivity contribution is -0.285. The van der Waals surface area contributed by atoms with E-state index in [4.69, 9.17) is 38.9 Å². The molecule has 306 valence electrons. The number of carbonyl (C=O) groups excluding carboxylic acids is 5. The van der Waals surface area contributed by atoms with E-state index in [1.165, 1.54) is 20.8 Å². The van der Waals surface area contributed by atoms with Crippen LogP contribution >= 0.6 is 0 Å². The maximum atomic E-state index is 14.1. The molecule has 3 heterocycles. The van der Waals surface area contributed by atoms with Crippen molar-refractivity contribution in [1.29, 1.82) is 0 Å². The van der Waals surface area contributed by atoms with Gasteiger partial charge in [0.05, 0.1) is 35.6 Å². The van der Waals surface area contributed by atoms with Crippen LogP contribution in [0.25, 0.3) is 0 Å². The first-order valence-electron chi connectivity index (χ1n) is 19.9. The van der Waals surface area contributed by atoms with Crippen molar-refractivity contribution in [3.8, 4) is 0 Å². The van der Waals surface area contributed by atoms with Crippen molar-refractivity contribution in [2.45, 2.75) is 149 Å². The molecule has 0 amide bonds. The van der Waals surface area contributed by atoms with Crippen LogP contribution in [-0.2, 0) is 57.1 Å². The zero-order chi connectivity index (χ0) is 40.4. The Morgan fingerprint density at radius 1 is 0.836 bits per heavy atom. The predicted molar refractivity (Wildman–Crippen MR) is 187 cm³/mol. The van der Waals surface area contributed by atoms with Crippen molar-refractivity contribution in [2.75, 3.05) is 0 Å². The molecule has 1 spiro atoms. The van der Waals surface area contributed by atoms with Crippen LogP contribution < -0.4 is 5.73 Å². The fourth-order valence-corrected chi connectivity index (χ4v) is 13.7. The first kappa shape index (κ1) is 39.0. The van der Waals surface area contributed by atoms with E-state index in [9.17, 15) is 34.2 Å². The van der Waals surface area contributed by atoms with E-state index in [-0.39, 0.29) is 6.10 Å². The Balaban J connectivity index is 1.39. The summed E-state index contributed by atoms with van der Waals surface area (Å²) in [5.74, 6) is -11.2. The zero-order valence-electron chi connectivity index (χ0n) is 33.5. The molecule has 0 aromatic rings. The molecule has 0 bridgehead atoms. The van der Waals surface area contributed by atoms with Crippen LogP contribution in [0, 0.1) is 69.5 Å². The third kappa shape index (κ3) is 4.59. The lowest BCUT2D eigenvalue weighted by Gasteiger charge is -2.67. The molecule has 4 N–H and O–H groups in total. The highest BCUT2D eigenvalue weighted by molar-refractivity contribution is 5.88. The number of ether oxygens (including phenoxy) is 7. The lowest BCUT2D eigenvalue weighted by Crippen LogP contribution is -2.76. The van der Waals surface area contributed by atoms with Gasteiger partial charge in [0.2, 0.25) is 5.60 Å². The highest BCUT2D eigenvalue weighted by Crippen LogP contribution is 2.81. The van der Waals surface area contributed by atoms with Crippen molar-refractivity contribution in [1.82, 2.24) is 0 Å². The summed E-state index contributed by atoms with van der Waals surface area (Å²) in [4.78, 5) is 67.7. The number of hydrogen-bond donors (Lipinski definition) is 3. The number of esters is 5. The average Bonchev–Trinajstić information content (AvgIpc) is 3.99. The maximum absolute atomic E-state index is 14.1. The number of fused-ring (bicyclic) bond motifs is 9. The normalized spacial score (nSPS) is 54.9. The van der Waals surface area contributed by atoms with Gasteiger partial charge in [-0.3, -0.25) is 19.2 Å². The Morgan fingerprint density at radius 3 is 2.04 bits per heavy atom. The fraction of sp³-hybridized carbons (Fsp3) is 0.875. The number of nitrogens with two attached hydrogens (primary N) is 1. The summed E-state index contributed by atoms with van der Waals surface area (Å²) in [6, 6.07) is -0.846. The SMILES string of the molecule is CC(=O)O[C@H]1C2C([C@@H](OC(=O)C(C)C)[C@@H](N)[C@H]3C[C@@H]4O[C@@H]4[C@H](O)[C@]23C)[C@@H]2[C@@H](O)[C@@H]3[C@H]([C@H](C)[C@H]4O[C@]45OC(=O)[C@@](C)(OC(=O)C(C)C)[C@]35C)[C@@]2(C)[C@H]1OC(C)=O. The van der Waals surface area contributed by atoms with Gasteiger partial charge < -0.3 is 49.1 Å². The molecule has 15 nitrogen and oxygen atoms in total. The average molecular weight is 776 g/mol. The molecule has 5 saturated carbocycles. The van der Waals surface area contributed by atoms with Crippen molar-refractivity contribution in [3.05, 3.63) is 0 Å². The van der Waals surface area contributed by atoms with Gasteiger partial charge in [0.15, 0.2) is 0 Å². The zero-order valence-corrected chi connectivity index (χ0v) is 33.5. The van der Waals surface area contributed by atoms with E-state index in [0.29, 0.717) is 6.42 Å². The van der Waals surface area contributed by atoms with E-state index < -0.39 is 160 Å². The number of epoxide rings is 2. The monoisotopic (exact) mass is 775 g/mol. The van der Waals surface area contributed by atoms with Gasteiger partial charge in [-0.25, -0.2) is 4.79 Å². The van der Waals surface area contributed by atoms with E-state index in [2.05, 4.69) is 0 Å². The standard InChI is InChI=1S/C40H57NO14/c1-13(2)33(46)52-28-20-22-26(44)24-21(15(5)31-40(53-31)38(24,10)39(11,35(48)55-40)54-34(47)14(3)4)37(22,9)32(50-17(7)43)29(49-16(6)42)23(20)36(8)18(25(28)41)12-19-27(51-19)30(36)45/h13-15,18-32,44-45H,12,41H2,1-11H3/t15-,18+,19-,20?,21-,22+,23?,24-,25-,26+,27-,28+,29-,30-,31+,32-,36-,37+,38-,39+,40-/m0/s1. The molecule has 55 heavy (non-hydrogen) atoms. The first-order valence-corrected chi connectivity index (χ1v) is 19.9. The number of aliphatic hydroxyl groups is 2. The number of carbonyl (C=O) groups is 5. The fourth-order valence-electron chi connectivity index (χ4n) is 13.7. The molecule has 2 unspecified atom stereocenters. The lowest BCUT2D eigenvalue weighted by atomic mass is 9.40. The van der Waals surface area contributed by atoms with Gasteiger partial charge in [0.25, 0.3) is 5.79 Å². The molecule has 3 aliphatic heterocycles. The van der Waals surface area contributed by atoms with Crippen molar-refractivity contribution in [2.24, 2.45) is 75.2 Å². The van der Waals surface area contributed by atoms with Crippen LogP contribution in [0.3, 0.4) is 0 Å². The Labute approximate surface area is 320 Å². The largest absolute Gasteiger partial charge is 0.460 e. The summed E-state index contributed by atoms with van der Waals surface area (Å²) in [7, 11) is 0. The third-order valence-corrected chi connectivity index (χ3v) is 16.2. The van der Waals surface area contributed by atoms with Gasteiger partial charge >= 0.3 is 29.8 Å². The molecule has 8 rings (SSSR count). The molecular weight excluding hydrogens is 718 g/mol. The summed E-state index contributed by atoms with van der Waals surface area (Å²) in [6.45, 7) is 18.2. The van der Waals surface area contributed by atoms with Crippen molar-refractivity contribution >= 4 is 29.8 Å².